The zero-order valence-electron chi connectivity index (χ0n) is 6.47. The maximum absolute atomic E-state index is 10.4. The molecule has 0 aliphatic heterocycles. The Kier molecular flexibility index (Phi) is 2.82. The average molecular weight is 164 g/mol. The maximum Gasteiger partial charge on any atom is 0.224 e. The van der Waals surface area contributed by atoms with Gasteiger partial charge in [-0.25, -0.2) is 0 Å². The van der Waals surface area contributed by atoms with Crippen molar-refractivity contribution in [3.05, 3.63) is 42.3 Å². The highest BCUT2D eigenvalue weighted by Gasteiger charge is 2.09. The first-order chi connectivity index (χ1) is 5.70. The van der Waals surface area contributed by atoms with Gasteiger partial charge in [0.05, 0.1) is 12.5 Å². The molecule has 0 heterocycles. The second kappa shape index (κ2) is 3.88. The smallest absolute Gasteiger partial charge is 0.224 e. The van der Waals surface area contributed by atoms with Crippen LogP contribution in [0.2, 0.25) is 0 Å². The first kappa shape index (κ1) is 8.74. The molecule has 0 aromatic heterocycles. The maximum atomic E-state index is 10.4. The molecular weight excluding hydrogens is 154 g/mol. The van der Waals surface area contributed by atoms with Crippen molar-refractivity contribution in [2.24, 2.45) is 5.73 Å². The normalized spacial score (nSPS) is 12.4. The fraction of sp³-hybridized carbons (Fsp3) is 0.111. The lowest BCUT2D eigenvalue weighted by atomic mass is 10.1. The summed E-state index contributed by atoms with van der Waals surface area (Å²) in [5.74, 6) is -0.619. The highest BCUT2D eigenvalue weighted by atomic mass is 16.3. The van der Waals surface area contributed by atoms with E-state index in [2.05, 4.69) is 0 Å². The predicted octanol–water partition coefficient (Wildman–Crippen LogP) is 0.410. The van der Waals surface area contributed by atoms with Gasteiger partial charge in [0.15, 0.2) is 0 Å². The van der Waals surface area contributed by atoms with Gasteiger partial charge in [-0.15, -0.1) is 0 Å². The van der Waals surface area contributed by atoms with E-state index in [0.717, 1.165) is 6.42 Å². The topological polar surface area (TPSA) is 63.3 Å². The molecule has 0 saturated carbocycles. The van der Waals surface area contributed by atoms with Gasteiger partial charge in [0.25, 0.3) is 0 Å². The number of nitrogens with two attached hydrogens (primary N) is 1. The van der Waals surface area contributed by atoms with Crippen molar-refractivity contribution in [1.29, 1.82) is 0 Å². The third-order valence-electron chi connectivity index (χ3n) is 1.46. The minimum absolute atomic E-state index is 0.619. The summed E-state index contributed by atoms with van der Waals surface area (Å²) in [7, 11) is 0. The summed E-state index contributed by atoms with van der Waals surface area (Å²) in [4.78, 5) is 10.4. The van der Waals surface area contributed by atoms with Crippen LogP contribution < -0.4 is 5.73 Å². The van der Waals surface area contributed by atoms with Crippen LogP contribution in [-0.2, 0) is 4.79 Å². The quantitative estimate of drug-likeness (QED) is 0.679. The van der Waals surface area contributed by atoms with Crippen LogP contribution in [0.3, 0.4) is 0 Å². The van der Waals surface area contributed by atoms with E-state index in [1.165, 1.54) is 0 Å². The highest BCUT2D eigenvalue weighted by molar-refractivity contribution is 5.83. The summed E-state index contributed by atoms with van der Waals surface area (Å²) in [6.45, 7) is 0. The van der Waals surface area contributed by atoms with E-state index in [-0.39, 0.29) is 0 Å². The van der Waals surface area contributed by atoms with Gasteiger partial charge in [-0.05, 0) is 5.56 Å². The molecule has 1 rings (SSSR count). The molecule has 0 aliphatic carbocycles. The summed E-state index contributed by atoms with van der Waals surface area (Å²) in [6, 6.07) is 8.86. The molecule has 3 heteroatoms. The van der Waals surface area contributed by atoms with Crippen LogP contribution in [0, 0.1) is 6.42 Å². The Labute approximate surface area is 70.8 Å². The van der Waals surface area contributed by atoms with Crippen LogP contribution in [0.1, 0.15) is 11.7 Å². The van der Waals surface area contributed by atoms with Crippen LogP contribution in [0.15, 0.2) is 30.3 Å². The molecule has 12 heavy (non-hydrogen) atoms. The van der Waals surface area contributed by atoms with Gasteiger partial charge < -0.3 is 10.8 Å². The monoisotopic (exact) mass is 164 g/mol. The van der Waals surface area contributed by atoms with E-state index in [4.69, 9.17) is 5.73 Å². The minimum Gasteiger partial charge on any atom is -0.388 e. The van der Waals surface area contributed by atoms with Crippen LogP contribution in [0.4, 0.5) is 0 Å². The van der Waals surface area contributed by atoms with Gasteiger partial charge in [0.1, 0.15) is 0 Å². The first-order valence-electron chi connectivity index (χ1n) is 3.57. The van der Waals surface area contributed by atoms with E-state index in [9.17, 15) is 9.90 Å². The van der Waals surface area contributed by atoms with E-state index in [1.807, 2.05) is 6.07 Å². The molecule has 1 amide bonds. The fourth-order valence-corrected chi connectivity index (χ4v) is 0.902. The second-order valence-electron chi connectivity index (χ2n) is 2.42. The van der Waals surface area contributed by atoms with Crippen LogP contribution in [-0.4, -0.2) is 11.0 Å². The van der Waals surface area contributed by atoms with Crippen LogP contribution in [0.5, 0.6) is 0 Å². The Bertz CT molecular complexity index is 258. The number of benzene rings is 1. The Hall–Kier alpha value is -1.35. The van der Waals surface area contributed by atoms with Crippen molar-refractivity contribution >= 4 is 5.91 Å². The van der Waals surface area contributed by atoms with Gasteiger partial charge in [0, 0.05) is 0 Å². The molecule has 0 saturated heterocycles. The van der Waals surface area contributed by atoms with Gasteiger partial charge in [0.2, 0.25) is 5.91 Å². The molecule has 3 nitrogen and oxygen atoms in total. The first-order valence-corrected chi connectivity index (χ1v) is 3.57. The van der Waals surface area contributed by atoms with E-state index >= 15 is 0 Å². The van der Waals surface area contributed by atoms with Gasteiger partial charge in [-0.1, -0.05) is 30.3 Å². The van der Waals surface area contributed by atoms with E-state index in [0.29, 0.717) is 5.56 Å². The summed E-state index contributed by atoms with van der Waals surface area (Å²) < 4.78 is 0. The number of amides is 1. The number of rotatable bonds is 3. The SMILES string of the molecule is NC(=O)[CH]C(O)c1ccccc1. The Morgan fingerprint density at radius 3 is 2.50 bits per heavy atom. The second-order valence-corrected chi connectivity index (χ2v) is 2.42. The standard InChI is InChI=1S/C9H10NO2/c10-9(12)6-8(11)7-4-2-1-3-5-7/h1-6,8,11H,(H2,10,12). The van der Waals surface area contributed by atoms with Crippen molar-refractivity contribution in [2.45, 2.75) is 6.10 Å². The summed E-state index contributed by atoms with van der Waals surface area (Å²) in [5, 5.41) is 9.33. The molecule has 0 aliphatic rings. The number of aliphatic hydroxyl groups is 1. The number of primary amides is 1. The van der Waals surface area contributed by atoms with E-state index in [1.54, 1.807) is 24.3 Å². The minimum atomic E-state index is -0.899. The molecule has 1 aromatic rings. The van der Waals surface area contributed by atoms with Crippen molar-refractivity contribution in [1.82, 2.24) is 0 Å². The van der Waals surface area contributed by atoms with Gasteiger partial charge in [-0.2, -0.15) is 0 Å². The third-order valence-corrected chi connectivity index (χ3v) is 1.46. The summed E-state index contributed by atoms with van der Waals surface area (Å²) in [5.41, 5.74) is 5.54. The predicted molar refractivity (Wildman–Crippen MR) is 44.9 cm³/mol. The van der Waals surface area contributed by atoms with Gasteiger partial charge >= 0.3 is 0 Å². The van der Waals surface area contributed by atoms with Crippen molar-refractivity contribution in [3.63, 3.8) is 0 Å². The Morgan fingerprint density at radius 2 is 2.00 bits per heavy atom. The molecule has 1 atom stereocenters. The lowest BCUT2D eigenvalue weighted by Crippen LogP contribution is -2.15. The van der Waals surface area contributed by atoms with Crippen molar-refractivity contribution in [2.75, 3.05) is 0 Å². The Morgan fingerprint density at radius 1 is 1.42 bits per heavy atom. The molecule has 0 bridgehead atoms. The third kappa shape index (κ3) is 2.36. The zero-order chi connectivity index (χ0) is 8.97. The van der Waals surface area contributed by atoms with Crippen LogP contribution >= 0.6 is 0 Å². The zero-order valence-corrected chi connectivity index (χ0v) is 6.47. The fourth-order valence-electron chi connectivity index (χ4n) is 0.902. The van der Waals surface area contributed by atoms with Crippen molar-refractivity contribution < 1.29 is 9.90 Å². The molecule has 1 radical (unpaired) electrons. The molecule has 0 fully saturated rings. The number of aliphatic hydroxyl groups excluding tert-OH is 1. The number of carbonyl (C=O) groups is 1. The molecule has 0 spiro atoms. The summed E-state index contributed by atoms with van der Waals surface area (Å²) >= 11 is 0. The number of carbonyl (C=O) groups excluding carboxylic acids is 1. The van der Waals surface area contributed by atoms with Crippen molar-refractivity contribution in [3.8, 4) is 0 Å². The van der Waals surface area contributed by atoms with E-state index < -0.39 is 12.0 Å². The highest BCUT2D eigenvalue weighted by Crippen LogP contribution is 2.13. The molecular formula is C9H10NO2. The molecule has 1 aromatic carbocycles. The average Bonchev–Trinajstić information content (AvgIpc) is 2.05. The summed E-state index contributed by atoms with van der Waals surface area (Å²) in [6.07, 6.45) is 0.165. The number of hydrogen-bond donors (Lipinski definition) is 2. The van der Waals surface area contributed by atoms with Gasteiger partial charge in [-0.3, -0.25) is 4.79 Å². The number of hydrogen-bond acceptors (Lipinski definition) is 2. The molecule has 63 valence electrons. The lowest BCUT2D eigenvalue weighted by molar-refractivity contribution is -0.116. The van der Waals surface area contributed by atoms with Crippen LogP contribution in [0.25, 0.3) is 0 Å². The molecule has 3 N–H and O–H groups in total. The largest absolute Gasteiger partial charge is 0.388 e. The molecule has 1 unspecified atom stereocenters. The lowest BCUT2D eigenvalue weighted by Gasteiger charge is -2.06. The Balaban J connectivity index is 2.65.